The van der Waals surface area contributed by atoms with Gasteiger partial charge in [0.05, 0.1) is 0 Å². The molecule has 2 rings (SSSR count). The SMILES string of the molecule is C[C@@H](NC1CCN(C(=O)OC(C)(C)C)CC1)c1cccnc1. The van der Waals surface area contributed by atoms with E-state index in [9.17, 15) is 4.79 Å². The number of carbonyl (C=O) groups excluding carboxylic acids is 1. The molecule has 0 saturated carbocycles. The van der Waals surface area contributed by atoms with Crippen LogP contribution in [0.15, 0.2) is 24.5 Å². The van der Waals surface area contributed by atoms with E-state index in [0.29, 0.717) is 6.04 Å². The van der Waals surface area contributed by atoms with E-state index in [1.807, 2.05) is 33.0 Å². The molecule has 1 atom stereocenters. The molecule has 0 radical (unpaired) electrons. The minimum absolute atomic E-state index is 0.203. The Labute approximate surface area is 133 Å². The lowest BCUT2D eigenvalue weighted by atomic mass is 10.0. The third-order valence-electron chi connectivity index (χ3n) is 3.82. The summed E-state index contributed by atoms with van der Waals surface area (Å²) in [4.78, 5) is 18.0. The molecule has 1 saturated heterocycles. The van der Waals surface area contributed by atoms with Crippen LogP contribution in [-0.2, 0) is 4.74 Å². The van der Waals surface area contributed by atoms with Crippen LogP contribution >= 0.6 is 0 Å². The van der Waals surface area contributed by atoms with Gasteiger partial charge in [0.15, 0.2) is 0 Å². The van der Waals surface area contributed by atoms with Crippen LogP contribution in [0.5, 0.6) is 0 Å². The van der Waals surface area contributed by atoms with Crippen LogP contribution in [-0.4, -0.2) is 40.7 Å². The summed E-state index contributed by atoms with van der Waals surface area (Å²) in [6, 6.07) is 4.74. The second-order valence-corrected chi connectivity index (χ2v) is 6.92. The van der Waals surface area contributed by atoms with Crippen LogP contribution in [0, 0.1) is 0 Å². The Kier molecular flexibility index (Phi) is 5.40. The zero-order valence-electron chi connectivity index (χ0n) is 14.0. The van der Waals surface area contributed by atoms with Crippen molar-refractivity contribution in [2.75, 3.05) is 13.1 Å². The highest BCUT2D eigenvalue weighted by Gasteiger charge is 2.27. The second kappa shape index (κ2) is 7.09. The van der Waals surface area contributed by atoms with Crippen molar-refractivity contribution in [3.63, 3.8) is 0 Å². The minimum atomic E-state index is -0.430. The Bertz CT molecular complexity index is 476. The summed E-state index contributed by atoms with van der Waals surface area (Å²) in [5.41, 5.74) is 0.762. The number of pyridine rings is 1. The molecule has 22 heavy (non-hydrogen) atoms. The van der Waals surface area contributed by atoms with Gasteiger partial charge in [-0.2, -0.15) is 0 Å². The summed E-state index contributed by atoms with van der Waals surface area (Å²) in [7, 11) is 0. The van der Waals surface area contributed by atoms with E-state index in [1.165, 1.54) is 5.56 Å². The van der Waals surface area contributed by atoms with E-state index in [4.69, 9.17) is 4.74 Å². The lowest BCUT2D eigenvalue weighted by molar-refractivity contribution is 0.0196. The molecule has 2 heterocycles. The number of amides is 1. The summed E-state index contributed by atoms with van der Waals surface area (Å²) < 4.78 is 5.42. The fourth-order valence-corrected chi connectivity index (χ4v) is 2.64. The van der Waals surface area contributed by atoms with Gasteiger partial charge in [0.1, 0.15) is 5.60 Å². The van der Waals surface area contributed by atoms with E-state index < -0.39 is 5.60 Å². The normalized spacial score (nSPS) is 18.1. The zero-order chi connectivity index (χ0) is 16.2. The Morgan fingerprint density at radius 1 is 1.41 bits per heavy atom. The molecule has 1 aliphatic heterocycles. The largest absolute Gasteiger partial charge is 0.444 e. The predicted octanol–water partition coefficient (Wildman–Crippen LogP) is 3.13. The van der Waals surface area contributed by atoms with Crippen molar-refractivity contribution in [3.8, 4) is 0 Å². The van der Waals surface area contributed by atoms with Crippen LogP contribution in [0.2, 0.25) is 0 Å². The molecule has 1 fully saturated rings. The van der Waals surface area contributed by atoms with E-state index >= 15 is 0 Å². The Morgan fingerprint density at radius 2 is 2.09 bits per heavy atom. The Hall–Kier alpha value is -1.62. The van der Waals surface area contributed by atoms with Gasteiger partial charge in [0.25, 0.3) is 0 Å². The first-order valence-corrected chi connectivity index (χ1v) is 7.99. The first kappa shape index (κ1) is 16.7. The smallest absolute Gasteiger partial charge is 0.410 e. The molecule has 1 aromatic rings. The summed E-state index contributed by atoms with van der Waals surface area (Å²) >= 11 is 0. The molecule has 5 heteroatoms. The second-order valence-electron chi connectivity index (χ2n) is 6.92. The van der Waals surface area contributed by atoms with Gasteiger partial charge in [0, 0.05) is 37.6 Å². The lowest BCUT2D eigenvalue weighted by Crippen LogP contribution is -2.46. The summed E-state index contributed by atoms with van der Waals surface area (Å²) in [6.45, 7) is 9.33. The van der Waals surface area contributed by atoms with Gasteiger partial charge < -0.3 is 15.0 Å². The molecule has 0 spiro atoms. The van der Waals surface area contributed by atoms with Crippen molar-refractivity contribution < 1.29 is 9.53 Å². The molecular formula is C17H27N3O2. The van der Waals surface area contributed by atoms with Gasteiger partial charge in [-0.25, -0.2) is 4.79 Å². The summed E-state index contributed by atoms with van der Waals surface area (Å²) in [6.07, 6.45) is 5.38. The van der Waals surface area contributed by atoms with Crippen LogP contribution in [0.4, 0.5) is 4.79 Å². The van der Waals surface area contributed by atoms with Gasteiger partial charge in [-0.15, -0.1) is 0 Å². The number of piperidine rings is 1. The third kappa shape index (κ3) is 4.98. The monoisotopic (exact) mass is 305 g/mol. The Morgan fingerprint density at radius 3 is 2.64 bits per heavy atom. The molecule has 0 bridgehead atoms. The maximum absolute atomic E-state index is 12.0. The number of rotatable bonds is 3. The molecule has 1 aromatic heterocycles. The highest BCUT2D eigenvalue weighted by molar-refractivity contribution is 5.68. The van der Waals surface area contributed by atoms with Crippen molar-refractivity contribution in [2.45, 2.75) is 58.2 Å². The van der Waals surface area contributed by atoms with Crippen molar-refractivity contribution in [1.82, 2.24) is 15.2 Å². The zero-order valence-corrected chi connectivity index (χ0v) is 14.0. The van der Waals surface area contributed by atoms with E-state index in [0.717, 1.165) is 25.9 Å². The number of aromatic nitrogens is 1. The Balaban J connectivity index is 1.79. The fourth-order valence-electron chi connectivity index (χ4n) is 2.64. The standard InChI is InChI=1S/C17H27N3O2/c1-13(14-6-5-9-18-12-14)19-15-7-10-20(11-8-15)16(21)22-17(2,3)4/h5-6,9,12-13,15,19H,7-8,10-11H2,1-4H3/t13-/m1/s1. The number of likely N-dealkylation sites (tertiary alicyclic amines) is 1. The molecule has 5 nitrogen and oxygen atoms in total. The lowest BCUT2D eigenvalue weighted by Gasteiger charge is -2.35. The number of carbonyl (C=O) groups is 1. The van der Waals surface area contributed by atoms with Gasteiger partial charge >= 0.3 is 6.09 Å². The number of hydrogen-bond donors (Lipinski definition) is 1. The summed E-state index contributed by atoms with van der Waals surface area (Å²) in [5, 5.41) is 3.62. The highest BCUT2D eigenvalue weighted by Crippen LogP contribution is 2.18. The van der Waals surface area contributed by atoms with Crippen molar-refractivity contribution in [3.05, 3.63) is 30.1 Å². The first-order valence-electron chi connectivity index (χ1n) is 7.99. The van der Waals surface area contributed by atoms with Crippen LogP contribution in [0.1, 0.15) is 52.1 Å². The fraction of sp³-hybridized carbons (Fsp3) is 0.647. The van der Waals surface area contributed by atoms with Crippen LogP contribution in [0.3, 0.4) is 0 Å². The van der Waals surface area contributed by atoms with Crippen molar-refractivity contribution in [2.24, 2.45) is 0 Å². The maximum atomic E-state index is 12.0. The molecule has 0 unspecified atom stereocenters. The van der Waals surface area contributed by atoms with Crippen LogP contribution < -0.4 is 5.32 Å². The average Bonchev–Trinajstić information content (AvgIpc) is 2.47. The quantitative estimate of drug-likeness (QED) is 0.932. The van der Waals surface area contributed by atoms with E-state index in [-0.39, 0.29) is 12.1 Å². The molecule has 1 N–H and O–H groups in total. The summed E-state index contributed by atoms with van der Waals surface area (Å²) in [5.74, 6) is 0. The van der Waals surface area contributed by atoms with Gasteiger partial charge in [0.2, 0.25) is 0 Å². The number of ether oxygens (including phenoxy) is 1. The molecule has 1 aliphatic rings. The predicted molar refractivity (Wildman–Crippen MR) is 86.6 cm³/mol. The average molecular weight is 305 g/mol. The first-order chi connectivity index (χ1) is 10.3. The maximum Gasteiger partial charge on any atom is 0.410 e. The van der Waals surface area contributed by atoms with Crippen molar-refractivity contribution >= 4 is 6.09 Å². The molecule has 0 aromatic carbocycles. The van der Waals surface area contributed by atoms with Gasteiger partial charge in [-0.05, 0) is 52.2 Å². The minimum Gasteiger partial charge on any atom is -0.444 e. The van der Waals surface area contributed by atoms with Crippen LogP contribution in [0.25, 0.3) is 0 Å². The number of nitrogens with zero attached hydrogens (tertiary/aromatic N) is 2. The highest BCUT2D eigenvalue weighted by atomic mass is 16.6. The van der Waals surface area contributed by atoms with Gasteiger partial charge in [-0.3, -0.25) is 4.98 Å². The van der Waals surface area contributed by atoms with Crippen molar-refractivity contribution in [1.29, 1.82) is 0 Å². The molecule has 0 aliphatic carbocycles. The molecule has 1 amide bonds. The van der Waals surface area contributed by atoms with E-state index in [1.54, 1.807) is 11.1 Å². The number of hydrogen-bond acceptors (Lipinski definition) is 4. The van der Waals surface area contributed by atoms with Gasteiger partial charge in [-0.1, -0.05) is 6.07 Å². The number of nitrogens with one attached hydrogen (secondary N) is 1. The topological polar surface area (TPSA) is 54.5 Å². The molecule has 122 valence electrons. The third-order valence-corrected chi connectivity index (χ3v) is 3.82. The molecular weight excluding hydrogens is 278 g/mol. The van der Waals surface area contributed by atoms with E-state index in [2.05, 4.69) is 23.3 Å².